The van der Waals surface area contributed by atoms with Crippen molar-refractivity contribution in [1.82, 2.24) is 10.0 Å². The first kappa shape index (κ1) is 17.9. The van der Waals surface area contributed by atoms with Gasteiger partial charge in [0.05, 0.1) is 11.3 Å². The average molecular weight is 328 g/mol. The Morgan fingerprint density at radius 1 is 1.24 bits per heavy atom. The highest BCUT2D eigenvalue weighted by molar-refractivity contribution is 7.89. The van der Waals surface area contributed by atoms with Crippen molar-refractivity contribution in [2.24, 2.45) is 0 Å². The van der Waals surface area contributed by atoms with E-state index in [4.69, 9.17) is 0 Å². The number of hydrogen-bond donors (Lipinski definition) is 2. The third kappa shape index (κ3) is 5.98. The van der Waals surface area contributed by atoms with E-state index < -0.39 is 35.0 Å². The van der Waals surface area contributed by atoms with Crippen molar-refractivity contribution in [2.75, 3.05) is 13.1 Å². The molecule has 0 spiro atoms. The molecule has 4 nitrogen and oxygen atoms in total. The molecule has 0 saturated carbocycles. The third-order valence-corrected chi connectivity index (χ3v) is 4.13. The highest BCUT2D eigenvalue weighted by atomic mass is 32.2. The number of nitrogens with one attached hydrogen (secondary N) is 2. The van der Waals surface area contributed by atoms with Gasteiger partial charge in [-0.05, 0) is 24.2 Å². The Hall–Kier alpha value is -1.19. The van der Waals surface area contributed by atoms with Gasteiger partial charge < -0.3 is 5.32 Å². The molecule has 120 valence electrons. The Morgan fingerprint density at radius 2 is 1.90 bits per heavy atom. The zero-order valence-electron chi connectivity index (χ0n) is 11.3. The summed E-state index contributed by atoms with van der Waals surface area (Å²) >= 11 is 0. The number of rotatable bonds is 7. The van der Waals surface area contributed by atoms with Gasteiger partial charge in [-0.15, -0.1) is 0 Å². The van der Waals surface area contributed by atoms with Crippen molar-refractivity contribution in [2.45, 2.75) is 31.0 Å². The SMILES string of the molecule is CCNCc1ccc(F)cc1S(=O)(=O)NCCC(F)(F)F. The monoisotopic (exact) mass is 328 g/mol. The highest BCUT2D eigenvalue weighted by Gasteiger charge is 2.28. The van der Waals surface area contributed by atoms with E-state index in [0.29, 0.717) is 6.54 Å². The molecule has 0 radical (unpaired) electrons. The fraction of sp³-hybridized carbons (Fsp3) is 0.500. The molecule has 0 unspecified atom stereocenters. The van der Waals surface area contributed by atoms with Crippen LogP contribution in [-0.2, 0) is 16.6 Å². The van der Waals surface area contributed by atoms with Gasteiger partial charge in [-0.1, -0.05) is 13.0 Å². The van der Waals surface area contributed by atoms with Crippen molar-refractivity contribution in [1.29, 1.82) is 0 Å². The van der Waals surface area contributed by atoms with Crippen LogP contribution in [0.3, 0.4) is 0 Å². The van der Waals surface area contributed by atoms with Crippen LogP contribution in [0.25, 0.3) is 0 Å². The molecule has 0 fully saturated rings. The molecule has 0 bridgehead atoms. The molecule has 1 aromatic rings. The first-order chi connectivity index (χ1) is 9.65. The fourth-order valence-electron chi connectivity index (χ4n) is 1.59. The van der Waals surface area contributed by atoms with Crippen LogP contribution in [0, 0.1) is 5.82 Å². The smallest absolute Gasteiger partial charge is 0.313 e. The quantitative estimate of drug-likeness (QED) is 0.754. The number of alkyl halides is 3. The summed E-state index contributed by atoms with van der Waals surface area (Å²) < 4.78 is 75.1. The van der Waals surface area contributed by atoms with E-state index in [1.54, 1.807) is 6.92 Å². The molecule has 21 heavy (non-hydrogen) atoms. The van der Waals surface area contributed by atoms with Crippen molar-refractivity contribution < 1.29 is 26.0 Å². The maximum Gasteiger partial charge on any atom is 0.390 e. The first-order valence-corrected chi connectivity index (χ1v) is 7.69. The van der Waals surface area contributed by atoms with Gasteiger partial charge in [-0.25, -0.2) is 17.5 Å². The lowest BCUT2D eigenvalue weighted by Crippen LogP contribution is -2.29. The van der Waals surface area contributed by atoms with Crippen LogP contribution in [0.5, 0.6) is 0 Å². The summed E-state index contributed by atoms with van der Waals surface area (Å²) in [7, 11) is -4.20. The van der Waals surface area contributed by atoms with Crippen LogP contribution in [0.15, 0.2) is 23.1 Å². The minimum Gasteiger partial charge on any atom is -0.313 e. The molecule has 0 aliphatic carbocycles. The van der Waals surface area contributed by atoms with Crippen LogP contribution in [-0.4, -0.2) is 27.7 Å². The highest BCUT2D eigenvalue weighted by Crippen LogP contribution is 2.20. The standard InChI is InChI=1S/C12H16F4N2O2S/c1-2-17-8-9-3-4-10(13)7-11(9)21(19,20)18-6-5-12(14,15)16/h3-4,7,17-18H,2,5-6,8H2,1H3. The predicted octanol–water partition coefficient (Wildman–Crippen LogP) is 2.17. The Morgan fingerprint density at radius 3 is 2.48 bits per heavy atom. The van der Waals surface area contributed by atoms with Gasteiger partial charge in [0.1, 0.15) is 5.82 Å². The maximum absolute atomic E-state index is 13.2. The van der Waals surface area contributed by atoms with Crippen LogP contribution in [0.4, 0.5) is 17.6 Å². The summed E-state index contributed by atoms with van der Waals surface area (Å²) in [6.45, 7) is 1.76. The van der Waals surface area contributed by atoms with E-state index in [1.807, 2.05) is 4.72 Å². The molecule has 0 atom stereocenters. The number of hydrogen-bond acceptors (Lipinski definition) is 3. The van der Waals surface area contributed by atoms with Gasteiger partial charge in [0, 0.05) is 13.1 Å². The molecule has 0 heterocycles. The van der Waals surface area contributed by atoms with E-state index in [-0.39, 0.29) is 17.0 Å². The van der Waals surface area contributed by atoms with E-state index >= 15 is 0 Å². The van der Waals surface area contributed by atoms with Crippen LogP contribution >= 0.6 is 0 Å². The molecular weight excluding hydrogens is 312 g/mol. The maximum atomic E-state index is 13.2. The summed E-state index contributed by atoms with van der Waals surface area (Å²) in [5.41, 5.74) is 0.290. The van der Waals surface area contributed by atoms with Crippen LogP contribution < -0.4 is 10.0 Å². The molecule has 1 rings (SSSR count). The minimum absolute atomic E-state index is 0.173. The normalized spacial score (nSPS) is 12.6. The van der Waals surface area contributed by atoms with Crippen molar-refractivity contribution >= 4 is 10.0 Å². The van der Waals surface area contributed by atoms with E-state index in [2.05, 4.69) is 5.32 Å². The van der Waals surface area contributed by atoms with E-state index in [0.717, 1.165) is 12.1 Å². The summed E-state index contributed by atoms with van der Waals surface area (Å²) in [5.74, 6) is -0.772. The molecule has 0 aromatic heterocycles. The van der Waals surface area contributed by atoms with Gasteiger partial charge >= 0.3 is 6.18 Å². The Bertz CT molecular complexity index is 573. The Labute approximate surface area is 120 Å². The Kier molecular flexibility index (Phi) is 6.11. The molecule has 0 aliphatic rings. The van der Waals surface area contributed by atoms with Crippen molar-refractivity contribution in [3.63, 3.8) is 0 Å². The van der Waals surface area contributed by atoms with Crippen LogP contribution in [0.2, 0.25) is 0 Å². The van der Waals surface area contributed by atoms with Gasteiger partial charge in [-0.3, -0.25) is 0 Å². The summed E-state index contributed by atoms with van der Waals surface area (Å²) in [6.07, 6.45) is -5.75. The summed E-state index contributed by atoms with van der Waals surface area (Å²) in [5, 5.41) is 2.88. The summed E-state index contributed by atoms with van der Waals surface area (Å²) in [6, 6.07) is 3.18. The topological polar surface area (TPSA) is 58.2 Å². The van der Waals surface area contributed by atoms with Crippen molar-refractivity contribution in [3.05, 3.63) is 29.6 Å². The second-order valence-corrected chi connectivity index (χ2v) is 6.03. The number of sulfonamides is 1. The average Bonchev–Trinajstić information content (AvgIpc) is 2.35. The molecule has 9 heteroatoms. The second kappa shape index (κ2) is 7.19. The molecular formula is C12H16F4N2O2S. The van der Waals surface area contributed by atoms with Gasteiger partial charge in [0.2, 0.25) is 10.0 Å². The minimum atomic E-state index is -4.46. The number of benzene rings is 1. The van der Waals surface area contributed by atoms with Gasteiger partial charge in [0.15, 0.2) is 0 Å². The molecule has 0 amide bonds. The molecule has 0 saturated heterocycles. The van der Waals surface area contributed by atoms with E-state index in [9.17, 15) is 26.0 Å². The lowest BCUT2D eigenvalue weighted by atomic mass is 10.2. The zero-order chi connectivity index (χ0) is 16.1. The third-order valence-electron chi connectivity index (χ3n) is 2.58. The van der Waals surface area contributed by atoms with Crippen molar-refractivity contribution in [3.8, 4) is 0 Å². The lowest BCUT2D eigenvalue weighted by molar-refractivity contribution is -0.132. The first-order valence-electron chi connectivity index (χ1n) is 6.21. The lowest BCUT2D eigenvalue weighted by Gasteiger charge is -2.13. The Balaban J connectivity index is 2.93. The van der Waals surface area contributed by atoms with Crippen LogP contribution in [0.1, 0.15) is 18.9 Å². The largest absolute Gasteiger partial charge is 0.390 e. The molecule has 1 aromatic carbocycles. The van der Waals surface area contributed by atoms with Gasteiger partial charge in [0.25, 0.3) is 0 Å². The van der Waals surface area contributed by atoms with Gasteiger partial charge in [-0.2, -0.15) is 13.2 Å². The molecule has 0 aliphatic heterocycles. The zero-order valence-corrected chi connectivity index (χ0v) is 12.1. The second-order valence-electron chi connectivity index (χ2n) is 4.30. The number of halogens is 4. The van der Waals surface area contributed by atoms with E-state index in [1.165, 1.54) is 6.07 Å². The summed E-state index contributed by atoms with van der Waals surface area (Å²) in [4.78, 5) is -0.356. The molecule has 2 N–H and O–H groups in total. The fourth-order valence-corrected chi connectivity index (χ4v) is 2.87. The predicted molar refractivity (Wildman–Crippen MR) is 69.6 cm³/mol.